The number of benzene rings is 2. The molecule has 2 aromatic carbocycles. The molecule has 5 aliphatic heterocycles. The largest absolute Gasteiger partial charge is 0.496 e. The molecule has 0 amide bonds. The van der Waals surface area contributed by atoms with Gasteiger partial charge in [-0.2, -0.15) is 8.42 Å². The van der Waals surface area contributed by atoms with E-state index in [1.54, 1.807) is 7.11 Å². The van der Waals surface area contributed by atoms with E-state index in [0.29, 0.717) is 50.2 Å². The monoisotopic (exact) mass is 834 g/mol. The number of esters is 2. The second-order valence-electron chi connectivity index (χ2n) is 17.0. The van der Waals surface area contributed by atoms with E-state index in [-0.39, 0.29) is 17.9 Å². The lowest BCUT2D eigenvalue weighted by atomic mass is 9.47. The van der Waals surface area contributed by atoms with Crippen LogP contribution in [0.25, 0.3) is 10.9 Å². The number of anilines is 1. The second-order valence-corrected chi connectivity index (χ2v) is 17.9. The molecule has 1 spiro atoms. The van der Waals surface area contributed by atoms with Crippen molar-refractivity contribution in [2.24, 2.45) is 11.3 Å². The van der Waals surface area contributed by atoms with E-state index in [4.69, 9.17) is 31.7 Å². The maximum atomic E-state index is 15.1. The maximum absolute atomic E-state index is 15.1. The Morgan fingerprint density at radius 2 is 1.71 bits per heavy atom. The summed E-state index contributed by atoms with van der Waals surface area (Å²) in [7, 11) is 1.57. The number of nitrogens with one attached hydrogen (secondary N) is 1. The van der Waals surface area contributed by atoms with Gasteiger partial charge in [0, 0.05) is 84.0 Å². The van der Waals surface area contributed by atoms with Crippen molar-refractivity contribution in [1.29, 1.82) is 0 Å². The average molecular weight is 835 g/mol. The number of carbonyl (C=O) groups excluding carboxylic acids is 2. The number of H-pyrrole nitrogens is 1. The lowest BCUT2D eigenvalue weighted by Crippen LogP contribution is -2.80. The number of carbonyl (C=O) groups is 2. The molecule has 2 bridgehead atoms. The smallest absolute Gasteiger partial charge is 0.394 e. The molecular formula is C43H54N4O11S. The topological polar surface area (TPSA) is 202 Å². The van der Waals surface area contributed by atoms with Crippen LogP contribution in [0.5, 0.6) is 5.75 Å². The minimum atomic E-state index is -4.67. The zero-order valence-corrected chi connectivity index (χ0v) is 35.1. The molecule has 15 nitrogen and oxygen atoms in total. The third-order valence-electron chi connectivity index (χ3n) is 14.5. The van der Waals surface area contributed by atoms with Gasteiger partial charge in [0.25, 0.3) is 0 Å². The lowest BCUT2D eigenvalue weighted by molar-refractivity contribution is -0.218. The van der Waals surface area contributed by atoms with E-state index in [1.165, 1.54) is 19.8 Å². The van der Waals surface area contributed by atoms with Crippen LogP contribution in [0, 0.1) is 11.3 Å². The van der Waals surface area contributed by atoms with Gasteiger partial charge >= 0.3 is 22.3 Å². The first kappa shape index (κ1) is 41.4. The summed E-state index contributed by atoms with van der Waals surface area (Å²) in [5.74, 6) is -0.669. The first-order valence-electron chi connectivity index (χ1n) is 20.2. The number of rotatable bonds is 6. The molecular weight excluding hydrogens is 781 g/mol. The quantitative estimate of drug-likeness (QED) is 0.137. The molecule has 6 heterocycles. The Morgan fingerprint density at radius 1 is 1.00 bits per heavy atom. The number of fused-ring (bicyclic) bond motifs is 6. The van der Waals surface area contributed by atoms with Crippen molar-refractivity contribution in [2.45, 2.75) is 80.7 Å². The predicted octanol–water partition coefficient (Wildman–Crippen LogP) is 3.53. The standard InChI is InChI=1S/C43H52N4O7.H2O4S/c1-7-25-18-26-21-42(38(49)53-5,34-28(24-46(22-25)23-26)27-12-9-10-13-31(27)44-34)30-19-29-32(20-33(30)52-4)45(3)36-41(29)15-17-47-16-11-14-40(8-2,35(41)47)37(48)43(36,51)39(50)54-6;1-5(2,3)4/h9-14,18-20,26,35-37,44,48,51H,7-8,15-17,21-24H2,1-6H3;(H2,1,2,3,4)/t26-,35-,36+,37+,40+,41+,42-,43-;/m0./s1. The molecule has 3 aromatic rings. The Morgan fingerprint density at radius 3 is 2.37 bits per heavy atom. The van der Waals surface area contributed by atoms with Crippen LogP contribution in [0.4, 0.5) is 5.69 Å². The van der Waals surface area contributed by atoms with Crippen LogP contribution in [0.2, 0.25) is 0 Å². The Kier molecular flexibility index (Phi) is 10.1. The van der Waals surface area contributed by atoms with Crippen molar-refractivity contribution >= 4 is 38.9 Å². The van der Waals surface area contributed by atoms with Crippen LogP contribution in [-0.2, 0) is 46.8 Å². The summed E-state index contributed by atoms with van der Waals surface area (Å²) >= 11 is 0. The molecule has 1 saturated carbocycles. The number of likely N-dealkylation sites (N-methyl/N-ethyl adjacent to an activating group) is 1. The molecule has 1 saturated heterocycles. The van der Waals surface area contributed by atoms with E-state index < -0.39 is 50.4 Å². The first-order chi connectivity index (χ1) is 28.0. The molecule has 1 unspecified atom stereocenters. The molecule has 16 heteroatoms. The maximum Gasteiger partial charge on any atom is 0.394 e. The van der Waals surface area contributed by atoms with Gasteiger partial charge in [0.1, 0.15) is 17.3 Å². The Labute approximate surface area is 344 Å². The highest BCUT2D eigenvalue weighted by Crippen LogP contribution is 2.67. The summed E-state index contributed by atoms with van der Waals surface area (Å²) in [6.07, 6.45) is 7.52. The van der Waals surface area contributed by atoms with Gasteiger partial charge in [-0.15, -0.1) is 0 Å². The van der Waals surface area contributed by atoms with E-state index in [0.717, 1.165) is 52.9 Å². The van der Waals surface area contributed by atoms with Gasteiger partial charge in [0.05, 0.1) is 27.4 Å². The van der Waals surface area contributed by atoms with Crippen LogP contribution in [0.3, 0.4) is 0 Å². The van der Waals surface area contributed by atoms with Crippen LogP contribution in [0.15, 0.2) is 60.2 Å². The van der Waals surface area contributed by atoms with E-state index in [9.17, 15) is 15.0 Å². The highest BCUT2D eigenvalue weighted by molar-refractivity contribution is 7.79. The zero-order valence-electron chi connectivity index (χ0n) is 34.3. The summed E-state index contributed by atoms with van der Waals surface area (Å²) < 4.78 is 49.2. The highest BCUT2D eigenvalue weighted by atomic mass is 32.3. The van der Waals surface area contributed by atoms with Gasteiger partial charge in [0.15, 0.2) is 0 Å². The third kappa shape index (κ3) is 5.77. The fourth-order valence-electron chi connectivity index (χ4n) is 12.5. The normalized spacial score (nSPS) is 34.2. The molecule has 9 rings (SSSR count). The number of para-hydroxylation sites is 1. The molecule has 2 fully saturated rings. The Hall–Kier alpha value is -4.29. The van der Waals surface area contributed by atoms with Gasteiger partial charge in [-0.1, -0.05) is 55.8 Å². The average Bonchev–Trinajstić information content (AvgIpc) is 3.86. The first-order valence-corrected chi connectivity index (χ1v) is 21.6. The minimum absolute atomic E-state index is 0.0475. The van der Waals surface area contributed by atoms with Crippen LogP contribution in [0.1, 0.15) is 61.9 Å². The minimum Gasteiger partial charge on any atom is -0.496 e. The number of aliphatic hydroxyl groups is 2. The van der Waals surface area contributed by atoms with Crippen molar-refractivity contribution in [1.82, 2.24) is 14.8 Å². The van der Waals surface area contributed by atoms with Gasteiger partial charge in [-0.05, 0) is 61.4 Å². The van der Waals surface area contributed by atoms with Crippen LogP contribution in [-0.4, -0.2) is 133 Å². The van der Waals surface area contributed by atoms with Gasteiger partial charge < -0.3 is 34.3 Å². The number of hydrogen-bond donors (Lipinski definition) is 5. The number of aliphatic hydroxyl groups excluding tert-OH is 1. The van der Waals surface area contributed by atoms with Gasteiger partial charge in [-0.3, -0.25) is 23.7 Å². The van der Waals surface area contributed by atoms with Crippen LogP contribution >= 0.6 is 0 Å². The summed E-state index contributed by atoms with van der Waals surface area (Å²) in [5, 5.41) is 26.3. The van der Waals surface area contributed by atoms with Crippen molar-refractivity contribution in [3.8, 4) is 5.75 Å². The van der Waals surface area contributed by atoms with Crippen molar-refractivity contribution in [3.63, 3.8) is 0 Å². The SMILES string of the molecule is CCC1=C[C@@H]2CN(C1)Cc1c([nH]c3ccccc13)[C@@](C(=O)OC)(c1cc3c(cc1OC)N(C)[C@H]1[C@@](O)(C(=O)OC)[C@H](O)[C@]4(CC)C=CCN5CC[C@]31[C@@H]54)C2.O=S(=O)(O)O. The third-order valence-corrected chi connectivity index (χ3v) is 14.5. The number of methoxy groups -OCH3 is 3. The molecule has 5 N–H and O–H groups in total. The van der Waals surface area contributed by atoms with E-state index >= 15 is 4.79 Å². The summed E-state index contributed by atoms with van der Waals surface area (Å²) in [5.41, 5.74) is 1.24. The number of nitrogens with zero attached hydrogens (tertiary/aromatic N) is 3. The number of hydrogen-bond acceptors (Lipinski definition) is 12. The zero-order chi connectivity index (χ0) is 42.4. The Balaban J connectivity index is 0.000000915. The number of aromatic amines is 1. The molecule has 59 heavy (non-hydrogen) atoms. The predicted molar refractivity (Wildman–Crippen MR) is 219 cm³/mol. The van der Waals surface area contributed by atoms with Crippen molar-refractivity contribution < 1.29 is 51.5 Å². The molecule has 0 radical (unpaired) electrons. The number of aromatic nitrogens is 1. The number of ether oxygens (including phenoxy) is 3. The van der Waals surface area contributed by atoms with Gasteiger partial charge in [-0.25, -0.2) is 4.79 Å². The molecule has 6 aliphatic rings. The molecule has 9 atom stereocenters. The van der Waals surface area contributed by atoms with Crippen LogP contribution < -0.4 is 9.64 Å². The molecule has 1 aromatic heterocycles. The van der Waals surface area contributed by atoms with E-state index in [1.807, 2.05) is 43.1 Å². The van der Waals surface area contributed by atoms with E-state index in [2.05, 4.69) is 52.1 Å². The van der Waals surface area contributed by atoms with Crippen molar-refractivity contribution in [2.75, 3.05) is 59.5 Å². The summed E-state index contributed by atoms with van der Waals surface area (Å²) in [6.45, 7) is 7.97. The molecule has 1 aliphatic carbocycles. The fourth-order valence-corrected chi connectivity index (χ4v) is 12.5. The second kappa shape index (κ2) is 14.4. The summed E-state index contributed by atoms with van der Waals surface area (Å²) in [6, 6.07) is 11.3. The molecule has 318 valence electrons. The summed E-state index contributed by atoms with van der Waals surface area (Å²) in [4.78, 5) is 39.7. The fraction of sp³-hybridized carbons (Fsp3) is 0.535. The van der Waals surface area contributed by atoms with Crippen molar-refractivity contribution in [3.05, 3.63) is 82.6 Å². The highest BCUT2D eigenvalue weighted by Gasteiger charge is 2.79. The lowest BCUT2D eigenvalue weighted by Gasteiger charge is -2.63. The van der Waals surface area contributed by atoms with Gasteiger partial charge in [0.2, 0.25) is 5.60 Å². The Bertz CT molecular complexity index is 2370.